The number of rotatable bonds is 1. The van der Waals surface area contributed by atoms with Crippen LogP contribution in [0, 0.1) is 5.92 Å². The van der Waals surface area contributed by atoms with Gasteiger partial charge in [0.05, 0.1) is 5.56 Å². The standard InChI is InChI=1S/C26H16O5/c27-20-11-5-2-7-15(20)16-13-14-22-23(24(16)28)26(19-10-4-6-12-21(19)30-22)18-9-3-1-8-17(18)25(29)31-26/h1-14,23,27H. The lowest BCUT2D eigenvalue weighted by molar-refractivity contribution is -0.124. The SMILES string of the molecule is O=C1OC2(c3ccccc3OC3=CC=C(c4ccccc4O)C(=O)C32)c2ccccc21. The van der Waals surface area contributed by atoms with Gasteiger partial charge >= 0.3 is 5.97 Å². The zero-order valence-corrected chi connectivity index (χ0v) is 16.2. The van der Waals surface area contributed by atoms with Gasteiger partial charge in [0, 0.05) is 22.3 Å². The summed E-state index contributed by atoms with van der Waals surface area (Å²) in [5.41, 5.74) is 1.13. The number of allylic oxidation sites excluding steroid dienone is 3. The summed E-state index contributed by atoms with van der Waals surface area (Å²) in [5.74, 6) is -0.700. The van der Waals surface area contributed by atoms with Gasteiger partial charge in [0.15, 0.2) is 11.4 Å². The van der Waals surface area contributed by atoms with Crippen molar-refractivity contribution in [3.05, 3.63) is 113 Å². The molecule has 0 fully saturated rings. The zero-order valence-electron chi connectivity index (χ0n) is 16.2. The molecule has 2 atom stereocenters. The van der Waals surface area contributed by atoms with Crippen LogP contribution >= 0.6 is 0 Å². The number of esters is 1. The summed E-state index contributed by atoms with van der Waals surface area (Å²) in [6, 6.07) is 21.1. The van der Waals surface area contributed by atoms with Crippen LogP contribution < -0.4 is 4.74 Å². The lowest BCUT2D eigenvalue weighted by Crippen LogP contribution is -2.47. The fourth-order valence-corrected chi connectivity index (χ4v) is 4.83. The molecule has 150 valence electrons. The van der Waals surface area contributed by atoms with Crippen LogP contribution in [-0.4, -0.2) is 16.9 Å². The van der Waals surface area contributed by atoms with Crippen molar-refractivity contribution in [2.24, 2.45) is 5.92 Å². The molecule has 0 aromatic heterocycles. The molecule has 3 aromatic rings. The van der Waals surface area contributed by atoms with Gasteiger partial charge in [-0.1, -0.05) is 54.6 Å². The Morgan fingerprint density at radius 1 is 0.774 bits per heavy atom. The fraction of sp³-hybridized carbons (Fsp3) is 0.0769. The summed E-state index contributed by atoms with van der Waals surface area (Å²) in [7, 11) is 0. The summed E-state index contributed by atoms with van der Waals surface area (Å²) in [5, 5.41) is 10.4. The lowest BCUT2D eigenvalue weighted by Gasteiger charge is -2.43. The van der Waals surface area contributed by atoms with Gasteiger partial charge in [-0.3, -0.25) is 4.79 Å². The number of para-hydroxylation sites is 2. The Labute approximate surface area is 177 Å². The quantitative estimate of drug-likeness (QED) is 0.606. The van der Waals surface area contributed by atoms with E-state index in [9.17, 15) is 14.7 Å². The number of Topliss-reactive ketones (excluding diaryl/α,β-unsaturated/α-hetero) is 1. The van der Waals surface area contributed by atoms with E-state index in [0.717, 1.165) is 0 Å². The van der Waals surface area contributed by atoms with Gasteiger partial charge in [-0.2, -0.15) is 0 Å². The van der Waals surface area contributed by atoms with Crippen LogP contribution in [0.3, 0.4) is 0 Å². The van der Waals surface area contributed by atoms with Crippen LogP contribution in [0.15, 0.2) is 90.7 Å². The van der Waals surface area contributed by atoms with Crippen molar-refractivity contribution < 1.29 is 24.2 Å². The monoisotopic (exact) mass is 408 g/mol. The van der Waals surface area contributed by atoms with Gasteiger partial charge in [0.25, 0.3) is 0 Å². The highest BCUT2D eigenvalue weighted by Crippen LogP contribution is 2.57. The van der Waals surface area contributed by atoms with E-state index in [2.05, 4.69) is 0 Å². The van der Waals surface area contributed by atoms with Crippen molar-refractivity contribution in [2.75, 3.05) is 0 Å². The zero-order chi connectivity index (χ0) is 21.2. The minimum absolute atomic E-state index is 0.00828. The first-order chi connectivity index (χ1) is 15.1. The maximum atomic E-state index is 13.9. The van der Waals surface area contributed by atoms with Crippen LogP contribution in [0.25, 0.3) is 5.57 Å². The number of ether oxygens (including phenoxy) is 2. The second-order valence-electron chi connectivity index (χ2n) is 7.73. The summed E-state index contributed by atoms with van der Waals surface area (Å²) in [6.07, 6.45) is 3.37. The van der Waals surface area contributed by atoms with Gasteiger partial charge in [0.1, 0.15) is 23.2 Å². The van der Waals surface area contributed by atoms with Crippen LogP contribution in [0.5, 0.6) is 11.5 Å². The number of benzene rings is 3. The van der Waals surface area contributed by atoms with Crippen molar-refractivity contribution in [3.63, 3.8) is 0 Å². The summed E-state index contributed by atoms with van der Waals surface area (Å²) < 4.78 is 12.2. The van der Waals surface area contributed by atoms with Gasteiger partial charge in [0.2, 0.25) is 0 Å². The first-order valence-electron chi connectivity index (χ1n) is 9.96. The Bertz CT molecular complexity index is 1350. The van der Waals surface area contributed by atoms with Gasteiger partial charge < -0.3 is 14.6 Å². The number of carbonyl (C=O) groups is 2. The number of phenols is 1. The second-order valence-corrected chi connectivity index (χ2v) is 7.73. The second kappa shape index (κ2) is 6.19. The van der Waals surface area contributed by atoms with Crippen LogP contribution in [0.2, 0.25) is 0 Å². The Morgan fingerprint density at radius 2 is 1.45 bits per heavy atom. The molecule has 0 radical (unpaired) electrons. The highest BCUT2D eigenvalue weighted by Gasteiger charge is 2.61. The van der Waals surface area contributed by atoms with E-state index >= 15 is 0 Å². The maximum Gasteiger partial charge on any atom is 0.339 e. The highest BCUT2D eigenvalue weighted by molar-refractivity contribution is 6.25. The van der Waals surface area contributed by atoms with Crippen molar-refractivity contribution in [3.8, 4) is 11.5 Å². The van der Waals surface area contributed by atoms with E-state index in [1.165, 1.54) is 6.07 Å². The molecule has 0 saturated carbocycles. The summed E-state index contributed by atoms with van der Waals surface area (Å²) in [4.78, 5) is 26.8. The number of phenolic OH excluding ortho intramolecular Hbond substituents is 1. The molecule has 31 heavy (non-hydrogen) atoms. The molecule has 3 aromatic carbocycles. The number of fused-ring (bicyclic) bond motifs is 6. The Kier molecular flexibility index (Phi) is 3.54. The Hall–Kier alpha value is -4.12. The molecule has 0 saturated heterocycles. The summed E-state index contributed by atoms with van der Waals surface area (Å²) in [6.45, 7) is 0. The lowest BCUT2D eigenvalue weighted by atomic mass is 9.68. The molecule has 5 nitrogen and oxygen atoms in total. The van der Waals surface area contributed by atoms with E-state index in [1.807, 2.05) is 30.3 Å². The van der Waals surface area contributed by atoms with Crippen LogP contribution in [0.1, 0.15) is 27.0 Å². The molecular weight excluding hydrogens is 392 g/mol. The van der Waals surface area contributed by atoms with Crippen molar-refractivity contribution in [1.82, 2.24) is 0 Å². The largest absolute Gasteiger partial charge is 0.507 e. The molecule has 6 rings (SSSR count). The molecule has 0 bridgehead atoms. The highest BCUT2D eigenvalue weighted by atomic mass is 16.6. The van der Waals surface area contributed by atoms with E-state index < -0.39 is 17.5 Å². The number of hydrogen-bond donors (Lipinski definition) is 1. The molecule has 1 N–H and O–H groups in total. The third-order valence-corrected chi connectivity index (χ3v) is 6.14. The van der Waals surface area contributed by atoms with Crippen LogP contribution in [-0.2, 0) is 15.1 Å². The van der Waals surface area contributed by atoms with E-state index in [0.29, 0.717) is 39.3 Å². The third-order valence-electron chi connectivity index (χ3n) is 6.14. The van der Waals surface area contributed by atoms with Crippen molar-refractivity contribution >= 4 is 17.3 Å². The average Bonchev–Trinajstić information content (AvgIpc) is 3.08. The van der Waals surface area contributed by atoms with Gasteiger partial charge in [-0.05, 0) is 30.4 Å². The molecule has 1 spiro atoms. The topological polar surface area (TPSA) is 72.8 Å². The number of aromatic hydroxyl groups is 1. The summed E-state index contributed by atoms with van der Waals surface area (Å²) >= 11 is 0. The Balaban J connectivity index is 1.63. The van der Waals surface area contributed by atoms with E-state index in [4.69, 9.17) is 9.47 Å². The van der Waals surface area contributed by atoms with Gasteiger partial charge in [-0.15, -0.1) is 0 Å². The smallest absolute Gasteiger partial charge is 0.339 e. The number of ketones is 1. The molecule has 2 unspecified atom stereocenters. The molecule has 2 heterocycles. The molecule has 0 amide bonds. The molecule has 5 heteroatoms. The maximum absolute atomic E-state index is 13.9. The number of carbonyl (C=O) groups excluding carboxylic acids is 2. The molecular formula is C26H16O5. The minimum Gasteiger partial charge on any atom is -0.507 e. The molecule has 3 aliphatic rings. The third kappa shape index (κ3) is 2.26. The van der Waals surface area contributed by atoms with E-state index in [-0.39, 0.29) is 11.5 Å². The molecule has 2 aliphatic heterocycles. The number of hydrogen-bond acceptors (Lipinski definition) is 5. The first-order valence-corrected chi connectivity index (χ1v) is 9.96. The Morgan fingerprint density at radius 3 is 2.26 bits per heavy atom. The minimum atomic E-state index is -1.34. The van der Waals surface area contributed by atoms with Gasteiger partial charge in [-0.25, -0.2) is 4.79 Å². The fourth-order valence-electron chi connectivity index (χ4n) is 4.83. The first kappa shape index (κ1) is 17.7. The van der Waals surface area contributed by atoms with Crippen LogP contribution in [0.4, 0.5) is 0 Å². The molecule has 1 aliphatic carbocycles. The predicted molar refractivity (Wildman–Crippen MR) is 112 cm³/mol. The van der Waals surface area contributed by atoms with E-state index in [1.54, 1.807) is 48.6 Å². The normalized spacial score (nSPS) is 23.2. The van der Waals surface area contributed by atoms with Crippen molar-refractivity contribution in [2.45, 2.75) is 5.60 Å². The predicted octanol–water partition coefficient (Wildman–Crippen LogP) is 4.37. The average molecular weight is 408 g/mol. The van der Waals surface area contributed by atoms with Crippen molar-refractivity contribution in [1.29, 1.82) is 0 Å².